The van der Waals surface area contributed by atoms with Crippen molar-refractivity contribution < 1.29 is 9.53 Å². The van der Waals surface area contributed by atoms with Gasteiger partial charge in [0.25, 0.3) is 5.82 Å². The summed E-state index contributed by atoms with van der Waals surface area (Å²) in [7, 11) is 1.77. The van der Waals surface area contributed by atoms with Crippen molar-refractivity contribution in [3.63, 3.8) is 0 Å². The average molecular weight is 215 g/mol. The van der Waals surface area contributed by atoms with E-state index in [1.165, 1.54) is 0 Å². The second-order valence-corrected chi connectivity index (χ2v) is 3.49. The molecule has 0 aliphatic heterocycles. The minimum Gasteiger partial charge on any atom is -0.460 e. The van der Waals surface area contributed by atoms with Gasteiger partial charge in [0.2, 0.25) is 0 Å². The molecule has 0 spiro atoms. The first-order valence-corrected chi connectivity index (χ1v) is 5.64. The molecule has 5 nitrogen and oxygen atoms in total. The maximum Gasteiger partial charge on any atom is 0.378 e. The summed E-state index contributed by atoms with van der Waals surface area (Å²) in [4.78, 5) is 15.3. The van der Waals surface area contributed by atoms with Gasteiger partial charge in [-0.1, -0.05) is 0 Å². The highest BCUT2D eigenvalue weighted by Crippen LogP contribution is 2.06. The predicted molar refractivity (Wildman–Crippen MR) is 54.2 cm³/mol. The SMILES string of the molecule is CCOC(=O)c1nc(CSC)n(C)n1. The van der Waals surface area contributed by atoms with Crippen LogP contribution in [0.3, 0.4) is 0 Å². The van der Waals surface area contributed by atoms with Crippen LogP contribution in [0.1, 0.15) is 23.4 Å². The first-order chi connectivity index (χ1) is 6.69. The Morgan fingerprint density at radius 1 is 1.64 bits per heavy atom. The van der Waals surface area contributed by atoms with E-state index in [4.69, 9.17) is 4.74 Å². The third-order valence-corrected chi connectivity index (χ3v) is 2.13. The Balaban J connectivity index is 2.79. The quantitative estimate of drug-likeness (QED) is 0.697. The Morgan fingerprint density at radius 2 is 2.36 bits per heavy atom. The molecule has 0 aliphatic rings. The topological polar surface area (TPSA) is 57.0 Å². The molecule has 0 unspecified atom stereocenters. The van der Waals surface area contributed by atoms with E-state index in [1.807, 2.05) is 6.26 Å². The first-order valence-electron chi connectivity index (χ1n) is 4.25. The van der Waals surface area contributed by atoms with Gasteiger partial charge in [0.1, 0.15) is 5.82 Å². The average Bonchev–Trinajstić information content (AvgIpc) is 2.49. The molecule has 1 rings (SSSR count). The zero-order valence-corrected chi connectivity index (χ0v) is 9.30. The normalized spacial score (nSPS) is 10.2. The van der Waals surface area contributed by atoms with Gasteiger partial charge in [-0.2, -0.15) is 11.8 Å². The van der Waals surface area contributed by atoms with Crippen molar-refractivity contribution in [3.8, 4) is 0 Å². The molecule has 6 heteroatoms. The highest BCUT2D eigenvalue weighted by Gasteiger charge is 2.14. The molecule has 0 saturated heterocycles. The maximum atomic E-state index is 11.2. The van der Waals surface area contributed by atoms with Crippen molar-refractivity contribution in [1.29, 1.82) is 0 Å². The smallest absolute Gasteiger partial charge is 0.378 e. The minimum atomic E-state index is -0.463. The van der Waals surface area contributed by atoms with E-state index < -0.39 is 5.97 Å². The molecular formula is C8H13N3O2S. The van der Waals surface area contributed by atoms with Gasteiger partial charge in [-0.15, -0.1) is 5.10 Å². The van der Waals surface area contributed by atoms with E-state index in [1.54, 1.807) is 30.4 Å². The molecule has 0 bridgehead atoms. The molecule has 78 valence electrons. The fraction of sp³-hybridized carbons (Fsp3) is 0.625. The van der Waals surface area contributed by atoms with Gasteiger partial charge >= 0.3 is 5.97 Å². The molecule has 1 aromatic rings. The predicted octanol–water partition coefficient (Wildman–Crippen LogP) is 0.855. The highest BCUT2D eigenvalue weighted by molar-refractivity contribution is 7.97. The van der Waals surface area contributed by atoms with Gasteiger partial charge in [0.05, 0.1) is 12.4 Å². The van der Waals surface area contributed by atoms with Gasteiger partial charge in [-0.3, -0.25) is 4.68 Å². The van der Waals surface area contributed by atoms with E-state index in [2.05, 4.69) is 10.1 Å². The maximum absolute atomic E-state index is 11.2. The van der Waals surface area contributed by atoms with Gasteiger partial charge in [-0.25, -0.2) is 9.78 Å². The summed E-state index contributed by atoms with van der Waals surface area (Å²) in [6, 6.07) is 0. The number of nitrogens with zero attached hydrogens (tertiary/aromatic N) is 3. The van der Waals surface area contributed by atoms with E-state index in [9.17, 15) is 4.79 Å². The number of hydrogen-bond donors (Lipinski definition) is 0. The molecule has 14 heavy (non-hydrogen) atoms. The van der Waals surface area contributed by atoms with Crippen LogP contribution in [0.5, 0.6) is 0 Å². The van der Waals surface area contributed by atoms with E-state index in [0.29, 0.717) is 6.61 Å². The standard InChI is InChI=1S/C8H13N3O2S/c1-4-13-8(12)7-9-6(5-14-3)11(2)10-7/h4-5H2,1-3H3. The summed E-state index contributed by atoms with van der Waals surface area (Å²) in [6.07, 6.45) is 1.97. The number of hydrogen-bond acceptors (Lipinski definition) is 5. The zero-order chi connectivity index (χ0) is 10.6. The molecule has 0 aromatic carbocycles. The number of ether oxygens (including phenoxy) is 1. The van der Waals surface area contributed by atoms with E-state index in [-0.39, 0.29) is 5.82 Å². The lowest BCUT2D eigenvalue weighted by Gasteiger charge is -1.94. The summed E-state index contributed by atoms with van der Waals surface area (Å²) >= 11 is 1.63. The molecule has 0 atom stereocenters. The van der Waals surface area contributed by atoms with Crippen LogP contribution in [-0.2, 0) is 17.5 Å². The fourth-order valence-corrected chi connectivity index (χ4v) is 1.46. The van der Waals surface area contributed by atoms with Gasteiger partial charge in [0, 0.05) is 7.05 Å². The zero-order valence-electron chi connectivity index (χ0n) is 8.48. The van der Waals surface area contributed by atoms with Crippen LogP contribution in [0.15, 0.2) is 0 Å². The second-order valence-electron chi connectivity index (χ2n) is 2.63. The summed E-state index contributed by atoms with van der Waals surface area (Å²) in [5.41, 5.74) is 0. The van der Waals surface area contributed by atoms with Crippen molar-refractivity contribution in [2.75, 3.05) is 12.9 Å². The van der Waals surface area contributed by atoms with Crippen LogP contribution in [0.25, 0.3) is 0 Å². The summed E-state index contributed by atoms with van der Waals surface area (Å²) in [6.45, 7) is 2.10. The molecule has 1 heterocycles. The van der Waals surface area contributed by atoms with E-state index in [0.717, 1.165) is 11.6 Å². The molecule has 0 amide bonds. The number of rotatable bonds is 4. The van der Waals surface area contributed by atoms with Crippen molar-refractivity contribution in [2.24, 2.45) is 7.05 Å². The Kier molecular flexibility index (Phi) is 3.94. The molecule has 0 radical (unpaired) electrons. The molecule has 0 N–H and O–H groups in total. The first kappa shape index (κ1) is 11.0. The largest absolute Gasteiger partial charge is 0.460 e. The highest BCUT2D eigenvalue weighted by atomic mass is 32.2. The molecule has 1 aromatic heterocycles. The van der Waals surface area contributed by atoms with Crippen LogP contribution in [0.4, 0.5) is 0 Å². The molecule has 0 aliphatic carbocycles. The third-order valence-electron chi connectivity index (χ3n) is 1.58. The molecular weight excluding hydrogens is 202 g/mol. The number of aryl methyl sites for hydroxylation is 1. The van der Waals surface area contributed by atoms with Crippen molar-refractivity contribution in [2.45, 2.75) is 12.7 Å². The van der Waals surface area contributed by atoms with Gasteiger partial charge < -0.3 is 4.74 Å². The lowest BCUT2D eigenvalue weighted by Crippen LogP contribution is -2.07. The Hall–Kier alpha value is -1.04. The van der Waals surface area contributed by atoms with Crippen molar-refractivity contribution >= 4 is 17.7 Å². The summed E-state index contributed by atoms with van der Waals surface area (Å²) in [5.74, 6) is 1.19. The van der Waals surface area contributed by atoms with Crippen LogP contribution in [-0.4, -0.2) is 33.6 Å². The van der Waals surface area contributed by atoms with Crippen LogP contribution >= 0.6 is 11.8 Å². The van der Waals surface area contributed by atoms with Gasteiger partial charge in [0.15, 0.2) is 0 Å². The Labute approximate surface area is 86.8 Å². The van der Waals surface area contributed by atoms with Crippen LogP contribution in [0, 0.1) is 0 Å². The lowest BCUT2D eigenvalue weighted by molar-refractivity contribution is 0.0512. The van der Waals surface area contributed by atoms with Crippen molar-refractivity contribution in [1.82, 2.24) is 14.8 Å². The number of aromatic nitrogens is 3. The van der Waals surface area contributed by atoms with E-state index >= 15 is 0 Å². The molecule has 0 fully saturated rings. The monoisotopic (exact) mass is 215 g/mol. The number of thioether (sulfide) groups is 1. The lowest BCUT2D eigenvalue weighted by atomic mass is 10.6. The van der Waals surface area contributed by atoms with Crippen molar-refractivity contribution in [3.05, 3.63) is 11.6 Å². The number of carbonyl (C=O) groups is 1. The molecule has 0 saturated carbocycles. The number of esters is 1. The third kappa shape index (κ3) is 2.47. The summed E-state index contributed by atoms with van der Waals surface area (Å²) < 4.78 is 6.39. The fourth-order valence-electron chi connectivity index (χ4n) is 0.954. The van der Waals surface area contributed by atoms with Crippen LogP contribution in [0.2, 0.25) is 0 Å². The Bertz CT molecular complexity index is 324. The van der Waals surface area contributed by atoms with Crippen LogP contribution < -0.4 is 0 Å². The minimum absolute atomic E-state index is 0.137. The number of carbonyl (C=O) groups excluding carboxylic acids is 1. The summed E-state index contributed by atoms with van der Waals surface area (Å²) in [5, 5.41) is 3.97. The second kappa shape index (κ2) is 4.99. The van der Waals surface area contributed by atoms with Gasteiger partial charge in [-0.05, 0) is 13.2 Å². The Morgan fingerprint density at radius 3 is 2.93 bits per heavy atom.